The summed E-state index contributed by atoms with van der Waals surface area (Å²) in [4.78, 5) is 4.50. The molecule has 0 spiro atoms. The topological polar surface area (TPSA) is 39.1 Å². The highest BCUT2D eigenvalue weighted by molar-refractivity contribution is 5.53. The van der Waals surface area contributed by atoms with Crippen LogP contribution in [0.25, 0.3) is 0 Å². The number of nitrogens with one attached hydrogen (secondary N) is 1. The number of hydrogen-bond donors (Lipinski definition) is 1. The molecule has 0 aliphatic rings. The minimum absolute atomic E-state index is 0.766. The number of benzene rings is 1. The van der Waals surface area contributed by atoms with Crippen LogP contribution in [-0.2, 0) is 11.3 Å². The van der Waals surface area contributed by atoms with Gasteiger partial charge in [-0.05, 0) is 25.5 Å². The first-order valence-corrected chi connectivity index (χ1v) is 6.14. The molecule has 0 aliphatic carbocycles. The van der Waals surface area contributed by atoms with Gasteiger partial charge in [0.2, 0.25) is 5.95 Å². The van der Waals surface area contributed by atoms with E-state index < -0.39 is 0 Å². The third-order valence-corrected chi connectivity index (χ3v) is 2.67. The van der Waals surface area contributed by atoms with E-state index in [-0.39, 0.29) is 0 Å². The van der Waals surface area contributed by atoms with E-state index in [0.717, 1.165) is 36.9 Å². The van der Waals surface area contributed by atoms with E-state index in [1.165, 1.54) is 0 Å². The predicted octanol–water partition coefficient (Wildman–Crippen LogP) is 2.97. The number of imidazole rings is 1. The lowest BCUT2D eigenvalue weighted by Crippen LogP contribution is -2.05. The summed E-state index contributed by atoms with van der Waals surface area (Å²) >= 11 is 0. The highest BCUT2D eigenvalue weighted by Gasteiger charge is 2.05. The van der Waals surface area contributed by atoms with Gasteiger partial charge in [0, 0.05) is 32.1 Å². The van der Waals surface area contributed by atoms with Crippen LogP contribution < -0.4 is 5.32 Å². The Morgan fingerprint density at radius 2 is 2.06 bits per heavy atom. The van der Waals surface area contributed by atoms with Crippen molar-refractivity contribution in [3.63, 3.8) is 0 Å². The average Bonchev–Trinajstić information content (AvgIpc) is 2.71. The summed E-state index contributed by atoms with van der Waals surface area (Å²) in [7, 11) is 1.72. The van der Waals surface area contributed by atoms with Gasteiger partial charge in [-0.15, -0.1) is 0 Å². The number of ether oxygens (including phenoxy) is 1. The molecule has 18 heavy (non-hydrogen) atoms. The molecule has 96 valence electrons. The summed E-state index contributed by atoms with van der Waals surface area (Å²) in [6, 6.07) is 10.1. The number of aryl methyl sites for hydroxylation is 2. The Hall–Kier alpha value is -1.81. The van der Waals surface area contributed by atoms with Crippen molar-refractivity contribution in [1.82, 2.24) is 9.55 Å². The van der Waals surface area contributed by atoms with Crippen molar-refractivity contribution in [2.24, 2.45) is 0 Å². The van der Waals surface area contributed by atoms with Gasteiger partial charge in [0.1, 0.15) is 0 Å². The fraction of sp³-hybridized carbons (Fsp3) is 0.357. The van der Waals surface area contributed by atoms with Crippen LogP contribution in [0.2, 0.25) is 0 Å². The van der Waals surface area contributed by atoms with E-state index >= 15 is 0 Å². The standard InChI is InChI=1S/C14H19N3O/c1-12-11-17(9-6-10-18-2)14(15-12)16-13-7-4-3-5-8-13/h3-5,7-8,11H,6,9-10H2,1-2H3,(H,15,16). The third kappa shape index (κ3) is 3.34. The smallest absolute Gasteiger partial charge is 0.207 e. The van der Waals surface area contributed by atoms with Gasteiger partial charge in [0.05, 0.1) is 5.69 Å². The summed E-state index contributed by atoms with van der Waals surface area (Å²) in [6.45, 7) is 3.68. The molecule has 1 aromatic carbocycles. The number of methoxy groups -OCH3 is 1. The van der Waals surface area contributed by atoms with Crippen LogP contribution >= 0.6 is 0 Å². The molecule has 2 rings (SSSR count). The fourth-order valence-corrected chi connectivity index (χ4v) is 1.85. The normalized spacial score (nSPS) is 10.6. The quantitative estimate of drug-likeness (QED) is 0.795. The van der Waals surface area contributed by atoms with Crippen LogP contribution in [0, 0.1) is 6.92 Å². The van der Waals surface area contributed by atoms with Gasteiger partial charge >= 0.3 is 0 Å². The number of anilines is 2. The highest BCUT2D eigenvalue weighted by Crippen LogP contribution is 2.16. The van der Waals surface area contributed by atoms with E-state index in [2.05, 4.69) is 21.1 Å². The lowest BCUT2D eigenvalue weighted by molar-refractivity contribution is 0.190. The Bertz CT molecular complexity index is 479. The molecule has 1 N–H and O–H groups in total. The minimum atomic E-state index is 0.766. The monoisotopic (exact) mass is 245 g/mol. The lowest BCUT2D eigenvalue weighted by atomic mass is 10.3. The van der Waals surface area contributed by atoms with Crippen molar-refractivity contribution in [2.45, 2.75) is 19.9 Å². The molecule has 1 heterocycles. The molecule has 2 aromatic rings. The summed E-state index contributed by atoms with van der Waals surface area (Å²) in [5.74, 6) is 0.884. The van der Waals surface area contributed by atoms with E-state index in [1.807, 2.05) is 37.3 Å². The number of hydrogen-bond acceptors (Lipinski definition) is 3. The Labute approximate surface area is 108 Å². The first kappa shape index (κ1) is 12.6. The molecule has 0 saturated carbocycles. The van der Waals surface area contributed by atoms with Crippen molar-refractivity contribution in [2.75, 3.05) is 19.0 Å². The van der Waals surface area contributed by atoms with E-state index in [0.29, 0.717) is 0 Å². The van der Waals surface area contributed by atoms with Crippen LogP contribution in [-0.4, -0.2) is 23.3 Å². The molecule has 0 unspecified atom stereocenters. The maximum Gasteiger partial charge on any atom is 0.207 e. The molecule has 0 saturated heterocycles. The van der Waals surface area contributed by atoms with E-state index in [9.17, 15) is 0 Å². The summed E-state index contributed by atoms with van der Waals surface area (Å²) in [6.07, 6.45) is 3.04. The summed E-state index contributed by atoms with van der Waals surface area (Å²) < 4.78 is 7.20. The van der Waals surface area contributed by atoms with Crippen molar-refractivity contribution in [3.05, 3.63) is 42.2 Å². The zero-order valence-corrected chi connectivity index (χ0v) is 10.9. The SMILES string of the molecule is COCCCn1cc(C)nc1Nc1ccccc1. The first-order valence-electron chi connectivity index (χ1n) is 6.14. The molecule has 4 heteroatoms. The maximum absolute atomic E-state index is 5.07. The van der Waals surface area contributed by atoms with Gasteiger partial charge in [-0.25, -0.2) is 4.98 Å². The molecule has 0 bridgehead atoms. The van der Waals surface area contributed by atoms with Crippen molar-refractivity contribution in [1.29, 1.82) is 0 Å². The Morgan fingerprint density at radius 1 is 1.28 bits per heavy atom. The molecular formula is C14H19N3O. The highest BCUT2D eigenvalue weighted by atomic mass is 16.5. The van der Waals surface area contributed by atoms with Gasteiger partial charge in [-0.2, -0.15) is 0 Å². The molecule has 0 atom stereocenters. The fourth-order valence-electron chi connectivity index (χ4n) is 1.85. The van der Waals surface area contributed by atoms with Gasteiger partial charge in [-0.1, -0.05) is 18.2 Å². The zero-order valence-electron chi connectivity index (χ0n) is 10.9. The first-order chi connectivity index (χ1) is 8.79. The summed E-state index contributed by atoms with van der Waals surface area (Å²) in [5.41, 5.74) is 2.07. The second-order valence-electron chi connectivity index (χ2n) is 4.24. The van der Waals surface area contributed by atoms with Crippen molar-refractivity contribution >= 4 is 11.6 Å². The van der Waals surface area contributed by atoms with Crippen molar-refractivity contribution in [3.8, 4) is 0 Å². The van der Waals surface area contributed by atoms with Gasteiger partial charge < -0.3 is 14.6 Å². The van der Waals surface area contributed by atoms with Crippen LogP contribution in [0.1, 0.15) is 12.1 Å². The van der Waals surface area contributed by atoms with E-state index in [4.69, 9.17) is 4.74 Å². The van der Waals surface area contributed by atoms with Crippen LogP contribution in [0.3, 0.4) is 0 Å². The van der Waals surface area contributed by atoms with Gasteiger partial charge in [-0.3, -0.25) is 0 Å². The van der Waals surface area contributed by atoms with Crippen molar-refractivity contribution < 1.29 is 4.74 Å². The number of nitrogens with zero attached hydrogens (tertiary/aromatic N) is 2. The number of aromatic nitrogens is 2. The Kier molecular flexibility index (Phi) is 4.36. The van der Waals surface area contributed by atoms with Gasteiger partial charge in [0.25, 0.3) is 0 Å². The second-order valence-corrected chi connectivity index (χ2v) is 4.24. The largest absolute Gasteiger partial charge is 0.385 e. The minimum Gasteiger partial charge on any atom is -0.385 e. The van der Waals surface area contributed by atoms with Crippen LogP contribution in [0.15, 0.2) is 36.5 Å². The average molecular weight is 245 g/mol. The second kappa shape index (κ2) is 6.21. The van der Waals surface area contributed by atoms with Crippen LogP contribution in [0.4, 0.5) is 11.6 Å². The van der Waals surface area contributed by atoms with E-state index in [1.54, 1.807) is 7.11 Å². The Morgan fingerprint density at radius 3 is 2.78 bits per heavy atom. The molecule has 1 aromatic heterocycles. The molecule has 0 aliphatic heterocycles. The molecule has 0 amide bonds. The zero-order chi connectivity index (χ0) is 12.8. The lowest BCUT2D eigenvalue weighted by Gasteiger charge is -2.09. The molecule has 4 nitrogen and oxygen atoms in total. The number of rotatable bonds is 6. The predicted molar refractivity (Wildman–Crippen MR) is 73.2 cm³/mol. The summed E-state index contributed by atoms with van der Waals surface area (Å²) in [5, 5.41) is 3.33. The third-order valence-electron chi connectivity index (χ3n) is 2.67. The Balaban J connectivity index is 2.07. The molecule has 0 radical (unpaired) electrons. The van der Waals surface area contributed by atoms with Crippen LogP contribution in [0.5, 0.6) is 0 Å². The molecule has 0 fully saturated rings. The van der Waals surface area contributed by atoms with Gasteiger partial charge in [0.15, 0.2) is 0 Å². The maximum atomic E-state index is 5.07. The molecular weight excluding hydrogens is 226 g/mol. The number of para-hydroxylation sites is 1.